The van der Waals surface area contributed by atoms with E-state index in [1.807, 2.05) is 206 Å². The van der Waals surface area contributed by atoms with Crippen molar-refractivity contribution < 1.29 is 48.3 Å². The second-order valence-corrected chi connectivity index (χ2v) is 29.9. The van der Waals surface area contributed by atoms with E-state index in [0.29, 0.717) is 64.9 Å². The molecule has 0 saturated heterocycles. The van der Waals surface area contributed by atoms with E-state index < -0.39 is 71.8 Å². The van der Waals surface area contributed by atoms with E-state index in [1.54, 1.807) is 36.8 Å². The molecule has 16 heteroatoms. The van der Waals surface area contributed by atoms with Crippen LogP contribution in [0.5, 0.6) is 5.75 Å². The van der Waals surface area contributed by atoms with Gasteiger partial charge in [-0.25, -0.2) is 0 Å². The Bertz CT molecular complexity index is 3070. The van der Waals surface area contributed by atoms with Crippen molar-refractivity contribution in [2.45, 2.75) is 34.5 Å². The Kier molecular flexibility index (Phi) is 15.6. The summed E-state index contributed by atoms with van der Waals surface area (Å²) in [4.78, 5) is 0.936. The van der Waals surface area contributed by atoms with Crippen LogP contribution >= 0.6 is 13.7 Å². The van der Waals surface area contributed by atoms with E-state index in [-0.39, 0.29) is 18.4 Å². The molecule has 0 radical (unpaired) electrons. The number of halogens is 6. The van der Waals surface area contributed by atoms with Gasteiger partial charge in [0, 0.05) is 0 Å². The molecular weight excluding hydrogens is 1050 g/mol. The maximum atomic E-state index is 15.0. The molecule has 0 spiro atoms. The van der Waals surface area contributed by atoms with E-state index >= 15 is 26.3 Å². The van der Waals surface area contributed by atoms with Crippen LogP contribution in [0, 0.1) is 0 Å². The molecule has 9 aromatic carbocycles. The van der Waals surface area contributed by atoms with Crippen LogP contribution < -0.4 is 36.5 Å². The van der Waals surface area contributed by atoms with Gasteiger partial charge in [-0.05, 0) is 0 Å². The zero-order chi connectivity index (χ0) is 53.7. The van der Waals surface area contributed by atoms with E-state index in [0.717, 1.165) is 0 Å². The summed E-state index contributed by atoms with van der Waals surface area (Å²) < 4.78 is 141. The first-order valence-corrected chi connectivity index (χ1v) is 31.8. The van der Waals surface area contributed by atoms with Crippen LogP contribution in [0.2, 0.25) is 0 Å². The Morgan fingerprint density at radius 2 is 0.632 bits per heavy atom. The van der Waals surface area contributed by atoms with Crippen LogP contribution in [0.1, 0.15) is 22.3 Å². The summed E-state index contributed by atoms with van der Waals surface area (Å²) in [6.45, 7) is -10.2. The average molecular weight is 1100 g/mol. The van der Waals surface area contributed by atoms with Crippen LogP contribution in [0.25, 0.3) is 0 Å². The molecule has 0 aliphatic carbocycles. The fourth-order valence-electron chi connectivity index (χ4n) is 10.4. The number of hydrogen-bond acceptors (Lipinski definition) is 5. The molecule has 0 fully saturated rings. The first kappa shape index (κ1) is 54.3. The van der Waals surface area contributed by atoms with Crippen LogP contribution in [-0.2, 0) is 55.2 Å². The van der Waals surface area contributed by atoms with E-state index in [9.17, 15) is 8.42 Å². The Morgan fingerprint density at radius 1 is 0.382 bits per heavy atom. The van der Waals surface area contributed by atoms with Gasteiger partial charge in [-0.2, -0.15) is 0 Å². The summed E-state index contributed by atoms with van der Waals surface area (Å²) in [5.41, 5.74) is -2.07. The molecule has 0 N–H and O–H groups in total. The molecule has 0 aromatic heterocycles. The summed E-state index contributed by atoms with van der Waals surface area (Å²) in [7, 11) is -5.40. The third-order valence-electron chi connectivity index (χ3n) is 13.8. The van der Waals surface area contributed by atoms with Crippen molar-refractivity contribution >= 4 is 74.4 Å². The van der Waals surface area contributed by atoms with Gasteiger partial charge in [0.15, 0.2) is 0 Å². The number of alkyl halides is 6. The summed E-state index contributed by atoms with van der Waals surface area (Å²) in [5, 5.41) is 3.45. The van der Waals surface area contributed by atoms with E-state index in [1.165, 1.54) is 0 Å². The van der Waals surface area contributed by atoms with Crippen LogP contribution in [0.3, 0.4) is 0 Å². The molecule has 2 unspecified atom stereocenters. The molecule has 388 valence electrons. The molecule has 9 rings (SSSR count). The number of benzene rings is 9. The minimum atomic E-state index is -5.26. The third kappa shape index (κ3) is 10.2. The molecule has 2 atom stereocenters. The van der Waals surface area contributed by atoms with Gasteiger partial charge in [0.25, 0.3) is 0 Å². The van der Waals surface area contributed by atoms with Crippen molar-refractivity contribution in [3.05, 3.63) is 271 Å². The predicted molar refractivity (Wildman–Crippen MR) is 300 cm³/mol. The molecule has 76 heavy (non-hydrogen) atoms. The van der Waals surface area contributed by atoms with Gasteiger partial charge in [-0.3, -0.25) is 0 Å². The molecular formula is C60H51BF6O5P2S2. The zero-order valence-electron chi connectivity index (χ0n) is 41.2. The first-order chi connectivity index (χ1) is 36.5. The zero-order valence-corrected chi connectivity index (χ0v) is 44.6. The van der Waals surface area contributed by atoms with Crippen molar-refractivity contribution in [2.24, 2.45) is 0 Å². The Labute approximate surface area is 444 Å². The molecule has 0 bridgehead atoms. The van der Waals surface area contributed by atoms with E-state index in [2.05, 4.69) is 0 Å². The van der Waals surface area contributed by atoms with Crippen molar-refractivity contribution in [1.29, 1.82) is 0 Å². The molecule has 5 nitrogen and oxygen atoms in total. The first-order valence-electron chi connectivity index (χ1n) is 24.0. The number of rotatable bonds is 18. The van der Waals surface area contributed by atoms with Gasteiger partial charge in [-0.1, -0.05) is 0 Å². The molecule has 0 saturated carbocycles. The summed E-state index contributed by atoms with van der Waals surface area (Å²) >= 11 is 0. The van der Waals surface area contributed by atoms with E-state index in [4.69, 9.17) is 13.5 Å². The quantitative estimate of drug-likeness (QED) is 0.0487. The van der Waals surface area contributed by atoms with Crippen molar-refractivity contribution in [1.82, 2.24) is 0 Å². The average Bonchev–Trinajstić information content (AvgIpc) is 3.63. The Balaban J connectivity index is 1.51. The molecule has 0 amide bonds. The molecule has 0 aliphatic heterocycles. The van der Waals surface area contributed by atoms with Crippen molar-refractivity contribution in [3.8, 4) is 5.75 Å². The monoisotopic (exact) mass is 1100 g/mol. The van der Waals surface area contributed by atoms with Crippen molar-refractivity contribution in [3.63, 3.8) is 0 Å². The summed E-state index contributed by atoms with van der Waals surface area (Å²) in [6.07, 6.45) is -7.52. The summed E-state index contributed by atoms with van der Waals surface area (Å²) in [6, 6.07) is 70.9. The van der Waals surface area contributed by atoms with Gasteiger partial charge >= 0.3 is 446 Å². The molecule has 0 aliphatic rings. The van der Waals surface area contributed by atoms with Gasteiger partial charge in [-0.15, -0.1) is 0 Å². The second-order valence-electron chi connectivity index (χ2n) is 18.2. The van der Waals surface area contributed by atoms with Gasteiger partial charge in [0.1, 0.15) is 0 Å². The summed E-state index contributed by atoms with van der Waals surface area (Å²) in [5.74, 6) is -0.853. The Morgan fingerprint density at radius 3 is 0.882 bits per heavy atom. The Hall–Kier alpha value is -6.50. The van der Waals surface area contributed by atoms with Crippen LogP contribution in [0.4, 0.5) is 26.3 Å². The van der Waals surface area contributed by atoms with Gasteiger partial charge < -0.3 is 0 Å². The third-order valence-corrected chi connectivity index (χ3v) is 27.3. The van der Waals surface area contributed by atoms with Crippen molar-refractivity contribution in [2.75, 3.05) is 12.5 Å². The van der Waals surface area contributed by atoms with Crippen LogP contribution in [0.15, 0.2) is 259 Å². The molecule has 9 aromatic rings. The van der Waals surface area contributed by atoms with Gasteiger partial charge in [0.2, 0.25) is 0 Å². The maximum absolute atomic E-state index is 15.0. The second kappa shape index (κ2) is 21.9. The minimum absolute atomic E-state index is 0.0447. The van der Waals surface area contributed by atoms with Gasteiger partial charge in [0.05, 0.1) is 0 Å². The fourth-order valence-corrected chi connectivity index (χ4v) is 23.6. The topological polar surface area (TPSA) is 61.8 Å². The fraction of sp³-hybridized carbons (Fsp3) is 0.100. The normalized spacial score (nSPS) is 14.1. The standard InChI is InChI=1S/C60H51BF6O5P2S2/c1-75(68)57-39-23-21-25-46(57)44-73(51-27-9-3-10-28-51,52-29-11-4-12-30-52,53-31-13-5-14-32-53)71-61(70-50-42-48(59(62,63)64)41-49(43-50)60(65,66)67)72-74(54-33-15-6-16-34-54,55-35-17-7-18-36-55,56-37-19-8-20-38-56)45-47-26-22-24-40-58(47)76(2)69/h3-43H,44-45H2,1-2H3. The molecule has 0 heterocycles. The SMILES string of the molecule is CS(=O)c1ccccc1CP(OB(Oc1cc(C(F)(F)F)cc(C(F)(F)F)c1)OP(Cc1ccccc1S(C)=O)(c1ccccc1)(c1ccccc1)c1ccccc1)(c1ccccc1)(c1ccccc1)c1ccccc1. The van der Waals surface area contributed by atoms with Crippen LogP contribution in [-0.4, -0.2) is 28.3 Å². The predicted octanol–water partition coefficient (Wildman–Crippen LogP) is 12.9. The number of hydrogen-bond donors (Lipinski definition) is 0.